The molecule has 0 radical (unpaired) electrons. The Bertz CT molecular complexity index is 503. The normalized spacial score (nSPS) is 27.4. The summed E-state index contributed by atoms with van der Waals surface area (Å²) in [6, 6.07) is 0.237. The number of ether oxygens (including phenoxy) is 2. The second-order valence-electron chi connectivity index (χ2n) is 10.1. The Morgan fingerprint density at radius 2 is 1.40 bits per heavy atom. The van der Waals surface area contributed by atoms with Gasteiger partial charge in [0.2, 0.25) is 5.91 Å². The van der Waals surface area contributed by atoms with Crippen molar-refractivity contribution in [3.63, 3.8) is 0 Å². The van der Waals surface area contributed by atoms with E-state index in [1.165, 1.54) is 0 Å². The second kappa shape index (κ2) is 13.5. The Kier molecular flexibility index (Phi) is 11.4. The van der Waals surface area contributed by atoms with Gasteiger partial charge in [0.25, 0.3) is 0 Å². The van der Waals surface area contributed by atoms with E-state index in [1.54, 1.807) is 0 Å². The molecule has 0 aromatic carbocycles. The van der Waals surface area contributed by atoms with Crippen LogP contribution in [-0.2, 0) is 19.1 Å². The van der Waals surface area contributed by atoms with Gasteiger partial charge in [0.1, 0.15) is 5.78 Å². The van der Waals surface area contributed by atoms with Crippen molar-refractivity contribution in [3.05, 3.63) is 0 Å². The molecule has 2 fully saturated rings. The number of rotatable bonds is 12. The fraction of sp³-hybridized carbons (Fsp3) is 0.920. The number of carbonyl (C=O) groups excluding carboxylic acids is 2. The van der Waals surface area contributed by atoms with Gasteiger partial charge in [-0.05, 0) is 70.1 Å². The number of Topliss-reactive ketones (excluding diaryl/α,β-unsaturated/α-hetero) is 1. The van der Waals surface area contributed by atoms with Gasteiger partial charge in [-0.25, -0.2) is 0 Å². The summed E-state index contributed by atoms with van der Waals surface area (Å²) in [5.74, 6) is 1.52. The van der Waals surface area contributed by atoms with Crippen LogP contribution in [0.2, 0.25) is 0 Å². The first-order chi connectivity index (χ1) is 14.3. The lowest BCUT2D eigenvalue weighted by atomic mass is 9.80. The first-order valence-corrected chi connectivity index (χ1v) is 12.4. The summed E-state index contributed by atoms with van der Waals surface area (Å²) in [5, 5.41) is 3.16. The molecule has 2 aliphatic rings. The lowest BCUT2D eigenvalue weighted by molar-refractivity contribution is -0.127. The molecule has 1 N–H and O–H groups in total. The van der Waals surface area contributed by atoms with Gasteiger partial charge in [-0.3, -0.25) is 9.59 Å². The zero-order valence-corrected chi connectivity index (χ0v) is 19.8. The highest BCUT2D eigenvalue weighted by Crippen LogP contribution is 2.27. The topological polar surface area (TPSA) is 64.6 Å². The quantitative estimate of drug-likeness (QED) is 0.446. The van der Waals surface area contributed by atoms with Crippen LogP contribution in [0.3, 0.4) is 0 Å². The number of hydrogen-bond donors (Lipinski definition) is 1. The lowest BCUT2D eigenvalue weighted by Crippen LogP contribution is -2.39. The molecular formula is C25H45NO4. The molecule has 174 valence electrons. The van der Waals surface area contributed by atoms with E-state index in [9.17, 15) is 9.59 Å². The first kappa shape index (κ1) is 25.3. The van der Waals surface area contributed by atoms with Gasteiger partial charge in [-0.15, -0.1) is 0 Å². The number of nitrogens with one attached hydrogen (secondary N) is 1. The third-order valence-electron chi connectivity index (χ3n) is 6.64. The predicted octanol–water partition coefficient (Wildman–Crippen LogP) is 5.06. The molecule has 0 aromatic heterocycles. The van der Waals surface area contributed by atoms with Crippen LogP contribution >= 0.6 is 0 Å². The van der Waals surface area contributed by atoms with E-state index < -0.39 is 0 Å². The van der Waals surface area contributed by atoms with Crippen LogP contribution in [0.4, 0.5) is 0 Å². The van der Waals surface area contributed by atoms with Crippen molar-refractivity contribution in [1.29, 1.82) is 0 Å². The molecule has 0 aliphatic heterocycles. The molecule has 30 heavy (non-hydrogen) atoms. The number of hydrogen-bond acceptors (Lipinski definition) is 4. The average Bonchev–Trinajstić information content (AvgIpc) is 2.72. The highest BCUT2D eigenvalue weighted by Gasteiger charge is 2.28. The fourth-order valence-corrected chi connectivity index (χ4v) is 4.61. The molecule has 0 saturated heterocycles. The van der Waals surface area contributed by atoms with Crippen molar-refractivity contribution in [1.82, 2.24) is 5.32 Å². The predicted molar refractivity (Wildman–Crippen MR) is 120 cm³/mol. The maximum Gasteiger partial charge on any atom is 0.220 e. The van der Waals surface area contributed by atoms with Crippen LogP contribution in [0.15, 0.2) is 0 Å². The lowest BCUT2D eigenvalue weighted by Gasteiger charge is -2.29. The van der Waals surface area contributed by atoms with Crippen LogP contribution < -0.4 is 5.32 Å². The Balaban J connectivity index is 1.49. The summed E-state index contributed by atoms with van der Waals surface area (Å²) >= 11 is 0. The minimum Gasteiger partial charge on any atom is -0.378 e. The average molecular weight is 424 g/mol. The molecule has 5 nitrogen and oxygen atoms in total. The molecule has 5 heteroatoms. The number of carbonyl (C=O) groups is 2. The van der Waals surface area contributed by atoms with E-state index in [2.05, 4.69) is 19.2 Å². The van der Waals surface area contributed by atoms with E-state index in [0.717, 1.165) is 70.8 Å². The molecule has 2 aliphatic carbocycles. The Hall–Kier alpha value is -0.940. The van der Waals surface area contributed by atoms with E-state index in [-0.39, 0.29) is 23.8 Å². The molecule has 0 aromatic rings. The SMILES string of the molecule is CC(C)CCOC1CCC(OCCCC(=O)NC2CCC(C(=O)C(C)C)CC2)CC1. The van der Waals surface area contributed by atoms with Gasteiger partial charge in [0.15, 0.2) is 0 Å². The minimum absolute atomic E-state index is 0.119. The largest absolute Gasteiger partial charge is 0.378 e. The highest BCUT2D eigenvalue weighted by atomic mass is 16.5. The second-order valence-corrected chi connectivity index (χ2v) is 10.1. The van der Waals surface area contributed by atoms with Crippen LogP contribution in [-0.4, -0.2) is 43.2 Å². The van der Waals surface area contributed by atoms with E-state index in [4.69, 9.17) is 9.47 Å². The summed E-state index contributed by atoms with van der Waals surface area (Å²) in [7, 11) is 0. The molecule has 0 unspecified atom stereocenters. The summed E-state index contributed by atoms with van der Waals surface area (Å²) in [5.41, 5.74) is 0. The highest BCUT2D eigenvalue weighted by molar-refractivity contribution is 5.83. The maximum absolute atomic E-state index is 12.2. The fourth-order valence-electron chi connectivity index (χ4n) is 4.61. The molecular weight excluding hydrogens is 378 g/mol. The summed E-state index contributed by atoms with van der Waals surface area (Å²) in [6.45, 7) is 9.95. The summed E-state index contributed by atoms with van der Waals surface area (Å²) < 4.78 is 12.0. The van der Waals surface area contributed by atoms with E-state index in [1.807, 2.05) is 13.8 Å². The van der Waals surface area contributed by atoms with Crippen LogP contribution in [0.25, 0.3) is 0 Å². The Labute approximate surface area is 184 Å². The van der Waals surface area contributed by atoms with Crippen molar-refractivity contribution in [2.75, 3.05) is 13.2 Å². The van der Waals surface area contributed by atoms with Crippen LogP contribution in [0.1, 0.15) is 98.3 Å². The maximum atomic E-state index is 12.2. The monoisotopic (exact) mass is 423 g/mol. The smallest absolute Gasteiger partial charge is 0.220 e. The van der Waals surface area contributed by atoms with E-state index >= 15 is 0 Å². The van der Waals surface area contributed by atoms with Crippen molar-refractivity contribution in [3.8, 4) is 0 Å². The summed E-state index contributed by atoms with van der Waals surface area (Å²) in [6.07, 6.45) is 11.1. The van der Waals surface area contributed by atoms with Crippen LogP contribution in [0, 0.1) is 17.8 Å². The zero-order chi connectivity index (χ0) is 21.9. The van der Waals surface area contributed by atoms with Crippen LogP contribution in [0.5, 0.6) is 0 Å². The van der Waals surface area contributed by atoms with Crippen molar-refractivity contribution in [2.45, 2.75) is 117 Å². The molecule has 0 spiro atoms. The zero-order valence-electron chi connectivity index (χ0n) is 19.8. The molecule has 2 rings (SSSR count). The molecule has 2 saturated carbocycles. The number of amides is 1. The first-order valence-electron chi connectivity index (χ1n) is 12.4. The third kappa shape index (κ3) is 9.47. The molecule has 0 atom stereocenters. The van der Waals surface area contributed by atoms with Gasteiger partial charge in [-0.2, -0.15) is 0 Å². The van der Waals surface area contributed by atoms with Crippen molar-refractivity contribution < 1.29 is 19.1 Å². The Morgan fingerprint density at radius 1 is 0.833 bits per heavy atom. The van der Waals surface area contributed by atoms with Crippen molar-refractivity contribution in [2.24, 2.45) is 17.8 Å². The molecule has 1 amide bonds. The van der Waals surface area contributed by atoms with Gasteiger partial charge in [0.05, 0.1) is 12.2 Å². The van der Waals surface area contributed by atoms with Gasteiger partial charge in [-0.1, -0.05) is 27.7 Å². The minimum atomic E-state index is 0.119. The molecule has 0 bridgehead atoms. The van der Waals surface area contributed by atoms with Gasteiger partial charge >= 0.3 is 0 Å². The number of ketones is 1. The molecule has 0 heterocycles. The third-order valence-corrected chi connectivity index (χ3v) is 6.64. The van der Waals surface area contributed by atoms with Gasteiger partial charge < -0.3 is 14.8 Å². The van der Waals surface area contributed by atoms with Gasteiger partial charge in [0, 0.05) is 37.5 Å². The standard InChI is InChI=1S/C25H45NO4/c1-18(2)15-17-30-23-13-11-22(12-14-23)29-16-5-6-24(27)26-21-9-7-20(8-10-21)25(28)19(3)4/h18-23H,5-17H2,1-4H3,(H,26,27). The summed E-state index contributed by atoms with van der Waals surface area (Å²) in [4.78, 5) is 24.3. The van der Waals surface area contributed by atoms with E-state index in [0.29, 0.717) is 36.9 Å². The van der Waals surface area contributed by atoms with Crippen molar-refractivity contribution >= 4 is 11.7 Å². The Morgan fingerprint density at radius 3 is 1.93 bits per heavy atom.